The van der Waals surface area contributed by atoms with Gasteiger partial charge >= 0.3 is 0 Å². The van der Waals surface area contributed by atoms with Crippen LogP contribution < -0.4 is 0 Å². The highest BCUT2D eigenvalue weighted by molar-refractivity contribution is 5.98. The van der Waals surface area contributed by atoms with Gasteiger partial charge in [-0.25, -0.2) is 0 Å². The van der Waals surface area contributed by atoms with Crippen LogP contribution in [0.1, 0.15) is 43.0 Å². The number of nitrogens with zero attached hydrogens (tertiary/aromatic N) is 2. The predicted octanol–water partition coefficient (Wildman–Crippen LogP) is 2.71. The van der Waals surface area contributed by atoms with Gasteiger partial charge in [0, 0.05) is 18.7 Å². The lowest BCUT2D eigenvalue weighted by atomic mass is 10.1. The largest absolute Gasteiger partial charge is 0.508 e. The summed E-state index contributed by atoms with van der Waals surface area (Å²) in [6, 6.07) is 3.77. The maximum absolute atomic E-state index is 12.5. The molecule has 1 saturated carbocycles. The number of phenolic OH excluding ortho intramolecular Hbond substituents is 1. The van der Waals surface area contributed by atoms with Crippen LogP contribution >= 0.6 is 0 Å². The lowest BCUT2D eigenvalue weighted by Crippen LogP contribution is -2.34. The second-order valence-corrected chi connectivity index (χ2v) is 5.04. The van der Waals surface area contributed by atoms with E-state index in [1.807, 2.05) is 6.92 Å². The van der Waals surface area contributed by atoms with Crippen LogP contribution in [0.25, 0.3) is 0 Å². The highest BCUT2D eigenvalue weighted by Gasteiger charge is 2.35. The van der Waals surface area contributed by atoms with Gasteiger partial charge in [0.2, 0.25) is 0 Å². The molecule has 0 radical (unpaired) electrons. The minimum Gasteiger partial charge on any atom is -0.508 e. The molecular weight excluding hydrogens is 260 g/mol. The number of hydrogen-bond acceptors (Lipinski definition) is 4. The monoisotopic (exact) mass is 278 g/mol. The molecule has 6 heteroatoms. The number of amides is 1. The van der Waals surface area contributed by atoms with Gasteiger partial charge in [-0.05, 0) is 31.4 Å². The van der Waals surface area contributed by atoms with Crippen molar-refractivity contribution in [1.82, 2.24) is 4.90 Å². The quantitative estimate of drug-likeness (QED) is 0.640. The van der Waals surface area contributed by atoms with Gasteiger partial charge in [0.1, 0.15) is 11.3 Å². The molecule has 1 N–H and O–H groups in total. The predicted molar refractivity (Wildman–Crippen MR) is 73.7 cm³/mol. The second kappa shape index (κ2) is 5.90. The third-order valence-corrected chi connectivity index (χ3v) is 3.41. The summed E-state index contributed by atoms with van der Waals surface area (Å²) in [5, 5.41) is 20.5. The third-order valence-electron chi connectivity index (χ3n) is 3.41. The fourth-order valence-corrected chi connectivity index (χ4v) is 2.17. The average molecular weight is 278 g/mol. The van der Waals surface area contributed by atoms with Crippen molar-refractivity contribution in [1.29, 1.82) is 0 Å². The smallest absolute Gasteiger partial charge is 0.282 e. The number of nitro benzene ring substituents is 1. The Kier molecular flexibility index (Phi) is 4.22. The van der Waals surface area contributed by atoms with Crippen molar-refractivity contribution in [3.8, 4) is 5.75 Å². The average Bonchev–Trinajstić information content (AvgIpc) is 3.23. The van der Waals surface area contributed by atoms with Crippen LogP contribution in [0.2, 0.25) is 0 Å². The van der Waals surface area contributed by atoms with E-state index < -0.39 is 4.92 Å². The number of nitro groups is 1. The molecule has 0 saturated heterocycles. The molecule has 1 aromatic rings. The first kappa shape index (κ1) is 14.3. The molecule has 2 rings (SSSR count). The summed E-state index contributed by atoms with van der Waals surface area (Å²) in [4.78, 5) is 24.6. The number of hydrogen-bond donors (Lipinski definition) is 1. The molecule has 1 fully saturated rings. The van der Waals surface area contributed by atoms with E-state index in [9.17, 15) is 20.0 Å². The van der Waals surface area contributed by atoms with E-state index in [2.05, 4.69) is 0 Å². The van der Waals surface area contributed by atoms with E-state index in [0.29, 0.717) is 6.54 Å². The molecule has 0 atom stereocenters. The van der Waals surface area contributed by atoms with Gasteiger partial charge in [-0.3, -0.25) is 14.9 Å². The SMILES string of the molecule is CCCCN(C(=O)c1cc(O)ccc1[N+](=O)[O-])C1CC1. The zero-order chi connectivity index (χ0) is 14.7. The Balaban J connectivity index is 2.30. The van der Waals surface area contributed by atoms with Crippen LogP contribution in [0.5, 0.6) is 5.75 Å². The van der Waals surface area contributed by atoms with Crippen molar-refractivity contribution in [3.05, 3.63) is 33.9 Å². The van der Waals surface area contributed by atoms with Crippen LogP contribution in [0.15, 0.2) is 18.2 Å². The van der Waals surface area contributed by atoms with Crippen LogP contribution in [-0.2, 0) is 0 Å². The highest BCUT2D eigenvalue weighted by atomic mass is 16.6. The van der Waals surface area contributed by atoms with E-state index in [1.165, 1.54) is 18.2 Å². The third kappa shape index (κ3) is 3.07. The summed E-state index contributed by atoms with van der Waals surface area (Å²) in [6.07, 6.45) is 3.72. The Morgan fingerprint density at radius 3 is 2.75 bits per heavy atom. The second-order valence-electron chi connectivity index (χ2n) is 5.04. The fraction of sp³-hybridized carbons (Fsp3) is 0.500. The van der Waals surface area contributed by atoms with E-state index in [0.717, 1.165) is 25.7 Å². The number of aromatic hydroxyl groups is 1. The van der Waals surface area contributed by atoms with E-state index in [4.69, 9.17) is 0 Å². The lowest BCUT2D eigenvalue weighted by molar-refractivity contribution is -0.385. The Morgan fingerprint density at radius 2 is 2.20 bits per heavy atom. The Hall–Kier alpha value is -2.11. The summed E-state index contributed by atoms with van der Waals surface area (Å²) < 4.78 is 0. The zero-order valence-electron chi connectivity index (χ0n) is 11.4. The first-order valence-corrected chi connectivity index (χ1v) is 6.83. The van der Waals surface area contributed by atoms with Gasteiger partial charge in [-0.2, -0.15) is 0 Å². The molecule has 108 valence electrons. The zero-order valence-corrected chi connectivity index (χ0v) is 11.4. The minimum atomic E-state index is -0.586. The number of carbonyl (C=O) groups is 1. The fourth-order valence-electron chi connectivity index (χ4n) is 2.17. The van der Waals surface area contributed by atoms with Crippen LogP contribution in [0.4, 0.5) is 5.69 Å². The molecule has 1 aliphatic rings. The molecule has 20 heavy (non-hydrogen) atoms. The number of carbonyl (C=O) groups excluding carboxylic acids is 1. The molecule has 6 nitrogen and oxygen atoms in total. The number of phenols is 1. The van der Waals surface area contributed by atoms with Crippen LogP contribution in [-0.4, -0.2) is 33.4 Å². The van der Waals surface area contributed by atoms with Gasteiger partial charge in [0.25, 0.3) is 11.6 Å². The highest BCUT2D eigenvalue weighted by Crippen LogP contribution is 2.31. The van der Waals surface area contributed by atoms with Gasteiger partial charge in [-0.15, -0.1) is 0 Å². The van der Waals surface area contributed by atoms with Crippen molar-refractivity contribution in [2.24, 2.45) is 0 Å². The van der Waals surface area contributed by atoms with Crippen LogP contribution in [0, 0.1) is 10.1 Å². The maximum atomic E-state index is 12.5. The Morgan fingerprint density at radius 1 is 1.50 bits per heavy atom. The Labute approximate surface area is 117 Å². The van der Waals surface area contributed by atoms with E-state index in [1.54, 1.807) is 4.90 Å². The first-order chi connectivity index (χ1) is 9.54. The lowest BCUT2D eigenvalue weighted by Gasteiger charge is -2.22. The molecule has 0 spiro atoms. The minimum absolute atomic E-state index is 0.0296. The van der Waals surface area contributed by atoms with Gasteiger partial charge in [0.05, 0.1) is 4.92 Å². The van der Waals surface area contributed by atoms with Gasteiger partial charge in [0.15, 0.2) is 0 Å². The van der Waals surface area contributed by atoms with Crippen LogP contribution in [0.3, 0.4) is 0 Å². The molecular formula is C14H18N2O4. The number of unbranched alkanes of at least 4 members (excludes halogenated alkanes) is 1. The summed E-state index contributed by atoms with van der Waals surface area (Å²) >= 11 is 0. The molecule has 0 bridgehead atoms. The molecule has 1 aromatic carbocycles. The van der Waals surface area contributed by atoms with Crippen molar-refractivity contribution in [2.45, 2.75) is 38.6 Å². The molecule has 0 unspecified atom stereocenters. The van der Waals surface area contributed by atoms with Crippen molar-refractivity contribution in [2.75, 3.05) is 6.54 Å². The van der Waals surface area contributed by atoms with Gasteiger partial charge < -0.3 is 10.0 Å². The van der Waals surface area contributed by atoms with Crippen molar-refractivity contribution in [3.63, 3.8) is 0 Å². The normalized spacial score (nSPS) is 14.1. The maximum Gasteiger partial charge on any atom is 0.282 e. The van der Waals surface area contributed by atoms with Gasteiger partial charge in [-0.1, -0.05) is 13.3 Å². The summed E-state index contributed by atoms with van der Waals surface area (Å²) in [6.45, 7) is 2.64. The molecule has 0 aromatic heterocycles. The van der Waals surface area contributed by atoms with E-state index >= 15 is 0 Å². The number of benzene rings is 1. The topological polar surface area (TPSA) is 83.7 Å². The molecule has 1 aliphatic carbocycles. The summed E-state index contributed by atoms with van der Waals surface area (Å²) in [7, 11) is 0. The first-order valence-electron chi connectivity index (χ1n) is 6.83. The standard InChI is InChI=1S/C14H18N2O4/c1-2-3-8-15(10-4-5-10)14(18)12-9-11(17)6-7-13(12)16(19)20/h6-7,9-10,17H,2-5,8H2,1H3. The Bertz CT molecular complexity index is 526. The van der Waals surface area contributed by atoms with E-state index in [-0.39, 0.29) is 28.9 Å². The van der Waals surface area contributed by atoms with Crippen molar-refractivity contribution >= 4 is 11.6 Å². The summed E-state index contributed by atoms with van der Waals surface area (Å²) in [5.41, 5.74) is -0.284. The molecule has 0 aliphatic heterocycles. The summed E-state index contributed by atoms with van der Waals surface area (Å²) in [5.74, 6) is -0.492. The number of rotatable bonds is 6. The molecule has 0 heterocycles. The molecule has 1 amide bonds. The van der Waals surface area contributed by atoms with Crippen molar-refractivity contribution < 1.29 is 14.8 Å².